The number of amides is 1. The molecule has 0 heterocycles. The number of hydrogen-bond donors (Lipinski definition) is 2. The second-order valence-corrected chi connectivity index (χ2v) is 6.86. The molecule has 1 amide bonds. The van der Waals surface area contributed by atoms with Crippen LogP contribution in [0.15, 0.2) is 54.6 Å². The molecular formula is C21H22ClNO4. The van der Waals surface area contributed by atoms with Crippen molar-refractivity contribution in [1.82, 2.24) is 5.32 Å². The number of carboxylic acids is 1. The largest absolute Gasteiger partial charge is 0.478 e. The third-order valence-electron chi connectivity index (χ3n) is 3.84. The summed E-state index contributed by atoms with van der Waals surface area (Å²) in [6, 6.07) is 14.4. The standard InChI is InChI=1S/C21H22ClNO4/c1-21(2,20(25)26)27-17-10-7-15(8-11-17)13-14-23-19(24)12-9-16-5-3-4-6-18(16)22/h3-12H,13-14H2,1-2H3,(H,23,24)(H,25,26). The van der Waals surface area contributed by atoms with E-state index in [0.29, 0.717) is 23.7 Å². The molecule has 0 saturated carbocycles. The van der Waals surface area contributed by atoms with Crippen molar-refractivity contribution in [2.45, 2.75) is 25.9 Å². The van der Waals surface area contributed by atoms with Gasteiger partial charge in [-0.15, -0.1) is 0 Å². The summed E-state index contributed by atoms with van der Waals surface area (Å²) in [6.45, 7) is 3.47. The van der Waals surface area contributed by atoms with Crippen LogP contribution >= 0.6 is 11.6 Å². The Balaban J connectivity index is 1.81. The van der Waals surface area contributed by atoms with Gasteiger partial charge in [0.25, 0.3) is 0 Å². The van der Waals surface area contributed by atoms with E-state index in [2.05, 4.69) is 5.32 Å². The van der Waals surface area contributed by atoms with Gasteiger partial charge < -0.3 is 15.2 Å². The number of carboxylic acid groups (broad SMARTS) is 1. The van der Waals surface area contributed by atoms with Crippen molar-refractivity contribution in [3.05, 3.63) is 70.8 Å². The molecule has 0 unspecified atom stereocenters. The summed E-state index contributed by atoms with van der Waals surface area (Å²) < 4.78 is 5.46. The predicted molar refractivity (Wildman–Crippen MR) is 106 cm³/mol. The first-order chi connectivity index (χ1) is 12.8. The fourth-order valence-electron chi connectivity index (χ4n) is 2.23. The number of carbonyl (C=O) groups excluding carboxylic acids is 1. The highest BCUT2D eigenvalue weighted by Gasteiger charge is 2.29. The molecule has 2 aromatic carbocycles. The molecule has 0 saturated heterocycles. The summed E-state index contributed by atoms with van der Waals surface area (Å²) in [4.78, 5) is 23.0. The van der Waals surface area contributed by atoms with E-state index in [-0.39, 0.29) is 5.91 Å². The number of hydrogen-bond acceptors (Lipinski definition) is 3. The van der Waals surface area contributed by atoms with E-state index in [1.807, 2.05) is 30.3 Å². The van der Waals surface area contributed by atoms with Gasteiger partial charge in [0, 0.05) is 17.6 Å². The minimum Gasteiger partial charge on any atom is -0.478 e. The third kappa shape index (κ3) is 6.46. The number of rotatable bonds is 8. The van der Waals surface area contributed by atoms with Gasteiger partial charge in [0.1, 0.15) is 5.75 Å². The minimum absolute atomic E-state index is 0.196. The summed E-state index contributed by atoms with van der Waals surface area (Å²) in [5, 5.41) is 12.5. The van der Waals surface area contributed by atoms with Crippen LogP contribution in [-0.4, -0.2) is 29.1 Å². The second kappa shape index (κ2) is 9.24. The van der Waals surface area contributed by atoms with Gasteiger partial charge in [-0.1, -0.05) is 41.9 Å². The van der Waals surface area contributed by atoms with Crippen molar-refractivity contribution in [2.75, 3.05) is 6.54 Å². The van der Waals surface area contributed by atoms with Crippen molar-refractivity contribution in [3.63, 3.8) is 0 Å². The fraction of sp³-hybridized carbons (Fsp3) is 0.238. The lowest BCUT2D eigenvalue weighted by molar-refractivity contribution is -0.152. The van der Waals surface area contributed by atoms with Gasteiger partial charge in [-0.2, -0.15) is 0 Å². The molecule has 2 N–H and O–H groups in total. The van der Waals surface area contributed by atoms with Crippen LogP contribution in [0.4, 0.5) is 0 Å². The van der Waals surface area contributed by atoms with E-state index in [9.17, 15) is 9.59 Å². The summed E-state index contributed by atoms with van der Waals surface area (Å²) in [7, 11) is 0. The first-order valence-corrected chi connectivity index (χ1v) is 8.87. The molecule has 0 aliphatic rings. The Morgan fingerprint density at radius 3 is 2.44 bits per heavy atom. The first kappa shape index (κ1) is 20.5. The van der Waals surface area contributed by atoms with Gasteiger partial charge in [0.2, 0.25) is 5.91 Å². The van der Waals surface area contributed by atoms with Crippen LogP contribution < -0.4 is 10.1 Å². The van der Waals surface area contributed by atoms with Crippen LogP contribution in [0.2, 0.25) is 5.02 Å². The topological polar surface area (TPSA) is 75.6 Å². The molecule has 2 rings (SSSR count). The molecule has 0 aliphatic heterocycles. The van der Waals surface area contributed by atoms with Crippen molar-refractivity contribution in [2.24, 2.45) is 0 Å². The van der Waals surface area contributed by atoms with E-state index in [1.54, 1.807) is 24.3 Å². The van der Waals surface area contributed by atoms with Crippen LogP contribution in [0.3, 0.4) is 0 Å². The molecule has 5 nitrogen and oxygen atoms in total. The summed E-state index contributed by atoms with van der Waals surface area (Å²) >= 11 is 6.04. The molecule has 0 aliphatic carbocycles. The van der Waals surface area contributed by atoms with E-state index in [1.165, 1.54) is 19.9 Å². The van der Waals surface area contributed by atoms with Crippen molar-refractivity contribution >= 4 is 29.6 Å². The van der Waals surface area contributed by atoms with Crippen molar-refractivity contribution in [3.8, 4) is 5.75 Å². The smallest absolute Gasteiger partial charge is 0.347 e. The Morgan fingerprint density at radius 2 is 1.81 bits per heavy atom. The number of halogens is 1. The minimum atomic E-state index is -1.29. The van der Waals surface area contributed by atoms with Crippen molar-refractivity contribution in [1.29, 1.82) is 0 Å². The van der Waals surface area contributed by atoms with E-state index >= 15 is 0 Å². The lowest BCUT2D eigenvalue weighted by Gasteiger charge is -2.21. The monoisotopic (exact) mass is 387 g/mol. The highest BCUT2D eigenvalue weighted by molar-refractivity contribution is 6.32. The maximum atomic E-state index is 11.9. The lowest BCUT2D eigenvalue weighted by Crippen LogP contribution is -2.37. The second-order valence-electron chi connectivity index (χ2n) is 6.46. The highest BCUT2D eigenvalue weighted by atomic mass is 35.5. The van der Waals surface area contributed by atoms with E-state index < -0.39 is 11.6 Å². The Hall–Kier alpha value is -2.79. The van der Waals surface area contributed by atoms with Gasteiger partial charge >= 0.3 is 5.97 Å². The number of ether oxygens (including phenoxy) is 1. The molecule has 0 radical (unpaired) electrons. The van der Waals surface area contributed by atoms with Gasteiger partial charge in [-0.3, -0.25) is 4.79 Å². The van der Waals surface area contributed by atoms with Gasteiger partial charge in [0.15, 0.2) is 5.60 Å². The zero-order valence-corrected chi connectivity index (χ0v) is 16.0. The van der Waals surface area contributed by atoms with Crippen LogP contribution in [0.5, 0.6) is 5.75 Å². The summed E-state index contributed by atoms with van der Waals surface area (Å²) in [6.07, 6.45) is 3.77. The Labute approximate surface area is 163 Å². The third-order valence-corrected chi connectivity index (χ3v) is 4.19. The average molecular weight is 388 g/mol. The summed E-state index contributed by atoms with van der Waals surface area (Å²) in [5.41, 5.74) is 0.503. The van der Waals surface area contributed by atoms with Crippen LogP contribution in [0.25, 0.3) is 6.08 Å². The molecule has 0 aromatic heterocycles. The zero-order valence-electron chi connectivity index (χ0n) is 15.2. The maximum Gasteiger partial charge on any atom is 0.347 e. The molecule has 0 fully saturated rings. The van der Waals surface area contributed by atoms with Crippen molar-refractivity contribution < 1.29 is 19.4 Å². The zero-order chi connectivity index (χ0) is 19.9. The summed E-state index contributed by atoms with van der Waals surface area (Å²) in [5.74, 6) is -0.741. The molecule has 0 spiro atoms. The van der Waals surface area contributed by atoms with Crippen LogP contribution in [-0.2, 0) is 16.0 Å². The Morgan fingerprint density at radius 1 is 1.15 bits per heavy atom. The Bertz CT molecular complexity index is 828. The molecule has 0 atom stereocenters. The molecular weight excluding hydrogens is 366 g/mol. The number of aliphatic carboxylic acids is 1. The molecule has 6 heteroatoms. The van der Waals surface area contributed by atoms with E-state index in [4.69, 9.17) is 21.4 Å². The number of carbonyl (C=O) groups is 2. The van der Waals surface area contributed by atoms with Gasteiger partial charge in [-0.25, -0.2) is 4.79 Å². The van der Waals surface area contributed by atoms with Gasteiger partial charge in [0.05, 0.1) is 0 Å². The first-order valence-electron chi connectivity index (χ1n) is 8.50. The Kier molecular flexibility index (Phi) is 7.02. The normalized spacial score (nSPS) is 11.4. The predicted octanol–water partition coefficient (Wildman–Crippen LogP) is 3.95. The molecule has 0 bridgehead atoms. The van der Waals surface area contributed by atoms with Crippen LogP contribution in [0, 0.1) is 0 Å². The highest BCUT2D eigenvalue weighted by Crippen LogP contribution is 2.19. The average Bonchev–Trinajstić information content (AvgIpc) is 2.62. The molecule has 2 aromatic rings. The van der Waals surface area contributed by atoms with Gasteiger partial charge in [-0.05, 0) is 55.7 Å². The molecule has 27 heavy (non-hydrogen) atoms. The van der Waals surface area contributed by atoms with E-state index in [0.717, 1.165) is 11.1 Å². The van der Waals surface area contributed by atoms with Crippen LogP contribution in [0.1, 0.15) is 25.0 Å². The fourth-order valence-corrected chi connectivity index (χ4v) is 2.43. The number of nitrogens with one attached hydrogen (secondary N) is 1. The maximum absolute atomic E-state index is 11.9. The molecule has 142 valence electrons. The quantitative estimate of drug-likeness (QED) is 0.672. The number of benzene rings is 2. The lowest BCUT2D eigenvalue weighted by atomic mass is 10.1. The SMILES string of the molecule is CC(C)(Oc1ccc(CCNC(=O)C=Cc2ccccc2Cl)cc1)C(=O)O.